The van der Waals surface area contributed by atoms with Gasteiger partial charge in [0.25, 0.3) is 0 Å². The van der Waals surface area contributed by atoms with E-state index in [1.807, 2.05) is 13.8 Å². The Balaban J connectivity index is 0. The third-order valence-electron chi connectivity index (χ3n) is 2.82. The predicted octanol–water partition coefficient (Wildman–Crippen LogP) is 2.55. The van der Waals surface area contributed by atoms with Crippen LogP contribution in [0.3, 0.4) is 0 Å². The van der Waals surface area contributed by atoms with Gasteiger partial charge in [-0.3, -0.25) is 9.79 Å². The zero-order valence-corrected chi connectivity index (χ0v) is 15.7. The van der Waals surface area contributed by atoms with Gasteiger partial charge in [0, 0.05) is 25.6 Å². The lowest BCUT2D eigenvalue weighted by atomic mass is 10.1. The molecule has 0 radical (unpaired) electrons. The third-order valence-corrected chi connectivity index (χ3v) is 2.82. The SMILES string of the molecule is CCNC(=NCCCC(=O)OCC)NC(C)C(C)C.I. The van der Waals surface area contributed by atoms with Crippen molar-refractivity contribution in [3.8, 4) is 0 Å². The standard InChI is InChI=1S/C14H29N3O2.HI/c1-6-15-14(17-12(5)11(3)4)16-10-8-9-13(18)19-7-2;/h11-12H,6-10H2,1-5H3,(H2,15,16,17);1H. The number of nitrogens with one attached hydrogen (secondary N) is 2. The monoisotopic (exact) mass is 399 g/mol. The van der Waals surface area contributed by atoms with Crippen LogP contribution in [0, 0.1) is 5.92 Å². The number of rotatable bonds is 8. The van der Waals surface area contributed by atoms with Gasteiger partial charge in [0.1, 0.15) is 0 Å². The molecule has 0 spiro atoms. The summed E-state index contributed by atoms with van der Waals surface area (Å²) in [5, 5.41) is 6.56. The van der Waals surface area contributed by atoms with Crippen molar-refractivity contribution in [2.24, 2.45) is 10.9 Å². The summed E-state index contributed by atoms with van der Waals surface area (Å²) in [6, 6.07) is 0.364. The maximum Gasteiger partial charge on any atom is 0.305 e. The van der Waals surface area contributed by atoms with Crippen molar-refractivity contribution in [1.82, 2.24) is 10.6 Å². The highest BCUT2D eigenvalue weighted by Crippen LogP contribution is 1.99. The predicted molar refractivity (Wildman–Crippen MR) is 94.7 cm³/mol. The van der Waals surface area contributed by atoms with E-state index in [1.54, 1.807) is 0 Å². The lowest BCUT2D eigenvalue weighted by molar-refractivity contribution is -0.143. The number of carbonyl (C=O) groups is 1. The molecule has 0 aromatic carbocycles. The van der Waals surface area contributed by atoms with Gasteiger partial charge in [0.15, 0.2) is 5.96 Å². The van der Waals surface area contributed by atoms with E-state index < -0.39 is 0 Å². The molecular formula is C14H30IN3O2. The summed E-state index contributed by atoms with van der Waals surface area (Å²) in [5.41, 5.74) is 0. The minimum Gasteiger partial charge on any atom is -0.466 e. The zero-order valence-electron chi connectivity index (χ0n) is 13.4. The van der Waals surface area contributed by atoms with Crippen LogP contribution in [0.5, 0.6) is 0 Å². The van der Waals surface area contributed by atoms with Gasteiger partial charge in [-0.25, -0.2) is 0 Å². The molecule has 120 valence electrons. The van der Waals surface area contributed by atoms with Gasteiger partial charge in [-0.05, 0) is 33.1 Å². The van der Waals surface area contributed by atoms with Crippen molar-refractivity contribution in [1.29, 1.82) is 0 Å². The van der Waals surface area contributed by atoms with E-state index in [-0.39, 0.29) is 29.9 Å². The number of carbonyl (C=O) groups excluding carboxylic acids is 1. The largest absolute Gasteiger partial charge is 0.466 e. The van der Waals surface area contributed by atoms with Crippen molar-refractivity contribution in [3.05, 3.63) is 0 Å². The minimum absolute atomic E-state index is 0. The molecule has 2 N–H and O–H groups in total. The number of hydrogen-bond acceptors (Lipinski definition) is 3. The van der Waals surface area contributed by atoms with Gasteiger partial charge in [0.05, 0.1) is 6.61 Å². The Bertz CT molecular complexity index is 284. The number of halogens is 1. The van der Waals surface area contributed by atoms with Crippen LogP contribution in [0.1, 0.15) is 47.5 Å². The minimum atomic E-state index is -0.147. The quantitative estimate of drug-likeness (QED) is 0.217. The highest BCUT2D eigenvalue weighted by atomic mass is 127. The molecule has 0 aliphatic heterocycles. The van der Waals surface area contributed by atoms with E-state index in [4.69, 9.17) is 4.74 Å². The molecule has 0 aliphatic carbocycles. The Labute approximate surface area is 140 Å². The van der Waals surface area contributed by atoms with Crippen LogP contribution < -0.4 is 10.6 Å². The second-order valence-electron chi connectivity index (χ2n) is 4.85. The molecule has 0 heterocycles. The van der Waals surface area contributed by atoms with E-state index >= 15 is 0 Å². The average molecular weight is 399 g/mol. The van der Waals surface area contributed by atoms with Crippen molar-refractivity contribution in [2.45, 2.75) is 53.5 Å². The fourth-order valence-electron chi connectivity index (χ4n) is 1.35. The molecule has 0 bridgehead atoms. The molecule has 0 saturated heterocycles. The fraction of sp³-hybridized carbons (Fsp3) is 0.857. The van der Waals surface area contributed by atoms with E-state index in [2.05, 4.69) is 36.4 Å². The van der Waals surface area contributed by atoms with Crippen LogP contribution in [0.4, 0.5) is 0 Å². The lowest BCUT2D eigenvalue weighted by Crippen LogP contribution is -2.44. The number of esters is 1. The Kier molecular flexibility index (Phi) is 14.6. The maximum absolute atomic E-state index is 11.2. The fourth-order valence-corrected chi connectivity index (χ4v) is 1.35. The molecule has 0 aromatic rings. The molecule has 0 fully saturated rings. The normalized spacial score (nSPS) is 12.6. The molecule has 0 aromatic heterocycles. The first-order valence-corrected chi connectivity index (χ1v) is 7.21. The Morgan fingerprint density at radius 2 is 1.90 bits per heavy atom. The van der Waals surface area contributed by atoms with Crippen molar-refractivity contribution in [3.63, 3.8) is 0 Å². The Morgan fingerprint density at radius 1 is 1.25 bits per heavy atom. The smallest absolute Gasteiger partial charge is 0.305 e. The van der Waals surface area contributed by atoms with E-state index in [1.165, 1.54) is 0 Å². The van der Waals surface area contributed by atoms with Crippen LogP contribution in [0.2, 0.25) is 0 Å². The number of nitrogens with zero attached hydrogens (tertiary/aromatic N) is 1. The summed E-state index contributed by atoms with van der Waals surface area (Å²) in [5.74, 6) is 1.21. The summed E-state index contributed by atoms with van der Waals surface area (Å²) in [4.78, 5) is 15.6. The van der Waals surface area contributed by atoms with Gasteiger partial charge in [-0.1, -0.05) is 13.8 Å². The summed E-state index contributed by atoms with van der Waals surface area (Å²) in [6.45, 7) is 12.2. The molecule has 0 aliphatic rings. The Morgan fingerprint density at radius 3 is 2.40 bits per heavy atom. The van der Waals surface area contributed by atoms with Gasteiger partial charge in [-0.15, -0.1) is 24.0 Å². The molecule has 0 rings (SSSR count). The van der Waals surface area contributed by atoms with E-state index in [0.29, 0.717) is 38.0 Å². The molecule has 5 nitrogen and oxygen atoms in total. The first-order chi connectivity index (χ1) is 9.01. The lowest BCUT2D eigenvalue weighted by Gasteiger charge is -2.20. The average Bonchev–Trinajstić information content (AvgIpc) is 2.34. The Hall–Kier alpha value is -0.530. The molecule has 0 saturated carbocycles. The molecule has 0 amide bonds. The van der Waals surface area contributed by atoms with Gasteiger partial charge >= 0.3 is 5.97 Å². The second kappa shape index (κ2) is 13.5. The van der Waals surface area contributed by atoms with E-state index in [0.717, 1.165) is 12.5 Å². The number of aliphatic imine (C=N–C) groups is 1. The topological polar surface area (TPSA) is 62.7 Å². The van der Waals surface area contributed by atoms with Crippen LogP contribution in [-0.4, -0.2) is 37.7 Å². The molecular weight excluding hydrogens is 369 g/mol. The number of guanidine groups is 1. The second-order valence-corrected chi connectivity index (χ2v) is 4.85. The number of ether oxygens (including phenoxy) is 1. The first-order valence-electron chi connectivity index (χ1n) is 7.21. The zero-order chi connectivity index (χ0) is 14.7. The molecule has 1 atom stereocenters. The van der Waals surface area contributed by atoms with E-state index in [9.17, 15) is 4.79 Å². The third kappa shape index (κ3) is 11.3. The van der Waals surface area contributed by atoms with Crippen molar-refractivity contribution in [2.75, 3.05) is 19.7 Å². The summed E-state index contributed by atoms with van der Waals surface area (Å²) < 4.78 is 4.87. The van der Waals surface area contributed by atoms with Crippen LogP contribution in [-0.2, 0) is 9.53 Å². The van der Waals surface area contributed by atoms with Crippen molar-refractivity contribution >= 4 is 35.9 Å². The molecule has 1 unspecified atom stereocenters. The molecule has 20 heavy (non-hydrogen) atoms. The van der Waals surface area contributed by atoms with Gasteiger partial charge in [-0.2, -0.15) is 0 Å². The first kappa shape index (κ1) is 21.8. The van der Waals surface area contributed by atoms with Gasteiger partial charge in [0.2, 0.25) is 0 Å². The summed E-state index contributed by atoms with van der Waals surface area (Å²) >= 11 is 0. The summed E-state index contributed by atoms with van der Waals surface area (Å²) in [6.07, 6.45) is 1.14. The highest BCUT2D eigenvalue weighted by molar-refractivity contribution is 14.0. The molecule has 6 heteroatoms. The number of hydrogen-bond donors (Lipinski definition) is 2. The van der Waals surface area contributed by atoms with Gasteiger partial charge < -0.3 is 15.4 Å². The van der Waals surface area contributed by atoms with Crippen LogP contribution in [0.25, 0.3) is 0 Å². The summed E-state index contributed by atoms with van der Waals surface area (Å²) in [7, 11) is 0. The maximum atomic E-state index is 11.2. The van der Waals surface area contributed by atoms with Crippen molar-refractivity contribution < 1.29 is 9.53 Å². The van der Waals surface area contributed by atoms with Crippen LogP contribution >= 0.6 is 24.0 Å². The van der Waals surface area contributed by atoms with Crippen LogP contribution in [0.15, 0.2) is 4.99 Å². The highest BCUT2D eigenvalue weighted by Gasteiger charge is 2.08.